The van der Waals surface area contributed by atoms with Crippen molar-refractivity contribution in [2.24, 2.45) is 0 Å². The predicted molar refractivity (Wildman–Crippen MR) is 82.5 cm³/mol. The van der Waals surface area contributed by atoms with Gasteiger partial charge in [0, 0.05) is 30.1 Å². The lowest BCUT2D eigenvalue weighted by Gasteiger charge is -2.25. The van der Waals surface area contributed by atoms with Crippen molar-refractivity contribution < 1.29 is 0 Å². The van der Waals surface area contributed by atoms with Crippen LogP contribution in [-0.4, -0.2) is 17.7 Å². The lowest BCUT2D eigenvalue weighted by molar-refractivity contribution is 0.487. The standard InChI is InChI=1S/C16H20N2.ClH/c1-11-5-6-12-3-2-4-14-13-7-9-17-10-8-15(13)18(11)16(12)14;/h2-4,11,17H,5-10H2,1H3;1H. The molecule has 2 nitrogen and oxygen atoms in total. The highest BCUT2D eigenvalue weighted by molar-refractivity contribution is 5.89. The lowest BCUT2D eigenvalue weighted by Crippen LogP contribution is -2.19. The second-order valence-corrected chi connectivity index (χ2v) is 5.75. The molecule has 1 aromatic heterocycles. The zero-order chi connectivity index (χ0) is 12.1. The van der Waals surface area contributed by atoms with Gasteiger partial charge in [0.05, 0.1) is 5.52 Å². The third-order valence-electron chi connectivity index (χ3n) is 4.69. The highest BCUT2D eigenvalue weighted by Crippen LogP contribution is 2.38. The van der Waals surface area contributed by atoms with E-state index in [1.54, 1.807) is 22.3 Å². The highest BCUT2D eigenvalue weighted by Gasteiger charge is 2.25. The number of benzene rings is 1. The van der Waals surface area contributed by atoms with Gasteiger partial charge in [0.25, 0.3) is 0 Å². The molecule has 0 spiro atoms. The Morgan fingerprint density at radius 2 is 2.00 bits per heavy atom. The van der Waals surface area contributed by atoms with Crippen molar-refractivity contribution in [3.05, 3.63) is 35.0 Å². The van der Waals surface area contributed by atoms with Crippen molar-refractivity contribution in [1.82, 2.24) is 9.88 Å². The van der Waals surface area contributed by atoms with Crippen LogP contribution in [0.4, 0.5) is 0 Å². The van der Waals surface area contributed by atoms with Crippen LogP contribution in [0.15, 0.2) is 18.2 Å². The highest BCUT2D eigenvalue weighted by atomic mass is 35.5. The van der Waals surface area contributed by atoms with E-state index in [2.05, 4.69) is 35.0 Å². The van der Waals surface area contributed by atoms with E-state index < -0.39 is 0 Å². The molecule has 4 rings (SSSR count). The summed E-state index contributed by atoms with van der Waals surface area (Å²) in [6.07, 6.45) is 4.92. The van der Waals surface area contributed by atoms with E-state index in [-0.39, 0.29) is 12.4 Å². The van der Waals surface area contributed by atoms with E-state index in [4.69, 9.17) is 0 Å². The van der Waals surface area contributed by atoms with Crippen molar-refractivity contribution in [2.45, 2.75) is 38.6 Å². The number of para-hydroxylation sites is 1. The zero-order valence-corrected chi connectivity index (χ0v) is 12.2. The van der Waals surface area contributed by atoms with Crippen LogP contribution in [0.3, 0.4) is 0 Å². The summed E-state index contributed by atoms with van der Waals surface area (Å²) in [5.41, 5.74) is 6.33. The van der Waals surface area contributed by atoms with Crippen LogP contribution >= 0.6 is 12.4 Å². The summed E-state index contributed by atoms with van der Waals surface area (Å²) in [5, 5.41) is 5.06. The lowest BCUT2D eigenvalue weighted by atomic mass is 9.99. The molecule has 102 valence electrons. The minimum Gasteiger partial charge on any atom is -0.341 e. The van der Waals surface area contributed by atoms with E-state index >= 15 is 0 Å². The first-order valence-electron chi connectivity index (χ1n) is 7.20. The summed E-state index contributed by atoms with van der Waals surface area (Å²) >= 11 is 0. The number of aromatic nitrogens is 1. The molecule has 0 fully saturated rings. The van der Waals surface area contributed by atoms with Gasteiger partial charge in [-0.3, -0.25) is 0 Å². The summed E-state index contributed by atoms with van der Waals surface area (Å²) in [6, 6.07) is 7.57. The summed E-state index contributed by atoms with van der Waals surface area (Å²) in [6.45, 7) is 4.64. The fourth-order valence-electron chi connectivity index (χ4n) is 3.83. The third-order valence-corrected chi connectivity index (χ3v) is 4.69. The largest absolute Gasteiger partial charge is 0.341 e. The molecule has 1 unspecified atom stereocenters. The Morgan fingerprint density at radius 3 is 2.89 bits per heavy atom. The van der Waals surface area contributed by atoms with Crippen molar-refractivity contribution in [2.75, 3.05) is 13.1 Å². The maximum absolute atomic E-state index is 3.53. The Bertz CT molecular complexity index is 615. The van der Waals surface area contributed by atoms with E-state index in [0.717, 1.165) is 13.1 Å². The molecule has 1 aromatic carbocycles. The number of nitrogens with zero attached hydrogens (tertiary/aromatic N) is 1. The molecule has 0 saturated carbocycles. The van der Waals surface area contributed by atoms with Crippen LogP contribution in [-0.2, 0) is 19.3 Å². The van der Waals surface area contributed by atoms with Gasteiger partial charge in [-0.25, -0.2) is 0 Å². The van der Waals surface area contributed by atoms with Gasteiger partial charge in [0.15, 0.2) is 0 Å². The predicted octanol–water partition coefficient (Wildman–Crippen LogP) is 3.26. The molecular weight excluding hydrogens is 256 g/mol. The SMILES string of the molecule is CC1CCc2cccc3c4c(n1c23)CCNCC4.Cl. The Labute approximate surface area is 120 Å². The molecule has 0 bridgehead atoms. The average Bonchev–Trinajstić information content (AvgIpc) is 2.57. The second kappa shape index (κ2) is 4.84. The molecule has 1 N–H and O–H groups in total. The van der Waals surface area contributed by atoms with Gasteiger partial charge in [-0.1, -0.05) is 18.2 Å². The molecular formula is C16H21ClN2. The topological polar surface area (TPSA) is 17.0 Å². The average molecular weight is 277 g/mol. The van der Waals surface area contributed by atoms with Crippen LogP contribution in [0.25, 0.3) is 10.9 Å². The Morgan fingerprint density at radius 1 is 1.16 bits per heavy atom. The number of nitrogens with one attached hydrogen (secondary N) is 1. The van der Waals surface area contributed by atoms with Gasteiger partial charge in [0.1, 0.15) is 0 Å². The number of halogens is 1. The molecule has 0 saturated heterocycles. The molecule has 2 aliphatic heterocycles. The number of rotatable bonds is 0. The molecule has 0 amide bonds. The summed E-state index contributed by atoms with van der Waals surface area (Å²) in [7, 11) is 0. The molecule has 3 heterocycles. The van der Waals surface area contributed by atoms with Gasteiger partial charge in [-0.15, -0.1) is 12.4 Å². The van der Waals surface area contributed by atoms with Crippen molar-refractivity contribution >= 4 is 23.3 Å². The monoisotopic (exact) mass is 276 g/mol. The maximum atomic E-state index is 3.53. The fraction of sp³-hybridized carbons (Fsp3) is 0.500. The van der Waals surface area contributed by atoms with Crippen LogP contribution in [0.5, 0.6) is 0 Å². The summed E-state index contributed by atoms with van der Waals surface area (Å²) in [5.74, 6) is 0. The van der Waals surface area contributed by atoms with E-state index in [1.807, 2.05) is 0 Å². The summed E-state index contributed by atoms with van der Waals surface area (Å²) < 4.78 is 2.65. The van der Waals surface area contributed by atoms with Crippen LogP contribution in [0, 0.1) is 0 Å². The molecule has 1 atom stereocenters. The molecule has 3 heteroatoms. The first-order chi connectivity index (χ1) is 8.86. The second-order valence-electron chi connectivity index (χ2n) is 5.75. The normalized spacial score (nSPS) is 21.6. The Hall–Kier alpha value is -0.990. The van der Waals surface area contributed by atoms with E-state index in [0.29, 0.717) is 6.04 Å². The summed E-state index contributed by atoms with van der Waals surface area (Å²) in [4.78, 5) is 0. The van der Waals surface area contributed by atoms with Gasteiger partial charge < -0.3 is 9.88 Å². The van der Waals surface area contributed by atoms with Crippen molar-refractivity contribution in [1.29, 1.82) is 0 Å². The quantitative estimate of drug-likeness (QED) is 0.782. The minimum atomic E-state index is 0. The van der Waals surface area contributed by atoms with Gasteiger partial charge in [-0.2, -0.15) is 0 Å². The van der Waals surface area contributed by atoms with E-state index in [1.165, 1.54) is 31.1 Å². The van der Waals surface area contributed by atoms with E-state index in [9.17, 15) is 0 Å². The van der Waals surface area contributed by atoms with Gasteiger partial charge in [-0.05, 0) is 43.9 Å². The smallest absolute Gasteiger partial charge is 0.0520 e. The Balaban J connectivity index is 0.00000110. The van der Waals surface area contributed by atoms with Gasteiger partial charge in [0.2, 0.25) is 0 Å². The number of fused-ring (bicyclic) bond motifs is 3. The third kappa shape index (κ3) is 1.81. The van der Waals surface area contributed by atoms with Gasteiger partial charge >= 0.3 is 0 Å². The fourth-order valence-corrected chi connectivity index (χ4v) is 3.83. The van der Waals surface area contributed by atoms with Crippen molar-refractivity contribution in [3.8, 4) is 0 Å². The maximum Gasteiger partial charge on any atom is 0.0520 e. The molecule has 19 heavy (non-hydrogen) atoms. The first-order valence-corrected chi connectivity index (χ1v) is 7.20. The van der Waals surface area contributed by atoms with Crippen LogP contribution < -0.4 is 5.32 Å². The van der Waals surface area contributed by atoms with Crippen molar-refractivity contribution in [3.63, 3.8) is 0 Å². The number of hydrogen-bond donors (Lipinski definition) is 1. The molecule has 0 aliphatic carbocycles. The minimum absolute atomic E-state index is 0. The Kier molecular flexibility index (Phi) is 3.32. The van der Waals surface area contributed by atoms with Crippen LogP contribution in [0.2, 0.25) is 0 Å². The molecule has 2 aliphatic rings. The molecule has 2 aromatic rings. The zero-order valence-electron chi connectivity index (χ0n) is 11.4. The molecule has 0 radical (unpaired) electrons. The van der Waals surface area contributed by atoms with Crippen LogP contribution in [0.1, 0.15) is 36.2 Å². The first kappa shape index (κ1) is 13.0. The number of aryl methyl sites for hydroxylation is 1. The number of hydrogen-bond acceptors (Lipinski definition) is 1.